The highest BCUT2D eigenvalue weighted by atomic mass is 32.1. The Labute approximate surface area is 117 Å². The fraction of sp³-hybridized carbons (Fsp3) is 0.692. The Morgan fingerprint density at radius 3 is 3.21 bits per heavy atom. The first kappa shape index (κ1) is 14.4. The van der Waals surface area contributed by atoms with Gasteiger partial charge in [-0.2, -0.15) is 0 Å². The highest BCUT2D eigenvalue weighted by molar-refractivity contribution is 7.09. The predicted octanol–water partition coefficient (Wildman–Crippen LogP) is 0.851. The molecule has 1 N–H and O–H groups in total. The molecule has 1 aliphatic rings. The summed E-state index contributed by atoms with van der Waals surface area (Å²) in [5, 5.41) is 9.21. The van der Waals surface area contributed by atoms with Crippen molar-refractivity contribution in [2.24, 2.45) is 5.92 Å². The lowest BCUT2D eigenvalue weighted by atomic mass is 10.1. The Morgan fingerprint density at radius 1 is 1.68 bits per heavy atom. The Morgan fingerprint density at radius 2 is 2.53 bits per heavy atom. The molecule has 1 amide bonds. The average Bonchev–Trinajstić information content (AvgIpc) is 2.68. The summed E-state index contributed by atoms with van der Waals surface area (Å²) < 4.78 is 5.39. The normalized spacial score (nSPS) is 20.3. The summed E-state index contributed by atoms with van der Waals surface area (Å²) in [4.78, 5) is 19.4. The molecule has 0 bridgehead atoms. The second kappa shape index (κ2) is 6.98. The molecule has 2 rings (SSSR count). The summed E-state index contributed by atoms with van der Waals surface area (Å²) in [7, 11) is 0. The summed E-state index contributed by atoms with van der Waals surface area (Å²) >= 11 is 1.60. The van der Waals surface area contributed by atoms with Gasteiger partial charge in [-0.15, -0.1) is 11.3 Å². The number of amides is 1. The zero-order valence-electron chi connectivity index (χ0n) is 11.2. The molecule has 6 heteroatoms. The molecule has 1 aromatic rings. The van der Waals surface area contributed by atoms with Crippen molar-refractivity contribution in [2.75, 3.05) is 32.9 Å². The Balaban J connectivity index is 1.86. The zero-order chi connectivity index (χ0) is 13.7. The molecular weight excluding hydrogens is 264 g/mol. The summed E-state index contributed by atoms with van der Waals surface area (Å²) in [6, 6.07) is 0. The van der Waals surface area contributed by atoms with Gasteiger partial charge in [-0.25, -0.2) is 4.98 Å². The van der Waals surface area contributed by atoms with Gasteiger partial charge in [0.05, 0.1) is 24.4 Å². The highest BCUT2D eigenvalue weighted by Gasteiger charge is 2.21. The van der Waals surface area contributed by atoms with Crippen LogP contribution in [0, 0.1) is 12.8 Å². The first-order valence-corrected chi connectivity index (χ1v) is 7.44. The summed E-state index contributed by atoms with van der Waals surface area (Å²) in [6.07, 6.45) is 1.25. The number of nitrogens with zero attached hydrogens (tertiary/aromatic N) is 2. The quantitative estimate of drug-likeness (QED) is 0.890. The maximum Gasteiger partial charge on any atom is 0.223 e. The Kier molecular flexibility index (Phi) is 5.30. The molecule has 1 fully saturated rings. The number of hydrogen-bond acceptors (Lipinski definition) is 5. The Hall–Kier alpha value is -0.980. The van der Waals surface area contributed by atoms with Crippen LogP contribution >= 0.6 is 11.3 Å². The molecule has 0 aliphatic carbocycles. The fourth-order valence-corrected chi connectivity index (χ4v) is 2.94. The lowest BCUT2D eigenvalue weighted by Crippen LogP contribution is -2.36. The number of aliphatic hydroxyl groups is 1. The van der Waals surface area contributed by atoms with Crippen molar-refractivity contribution in [1.82, 2.24) is 9.88 Å². The van der Waals surface area contributed by atoms with Crippen molar-refractivity contribution in [3.63, 3.8) is 0 Å². The van der Waals surface area contributed by atoms with Crippen LogP contribution in [0.5, 0.6) is 0 Å². The molecule has 19 heavy (non-hydrogen) atoms. The summed E-state index contributed by atoms with van der Waals surface area (Å²) in [5.74, 6) is 0.174. The van der Waals surface area contributed by atoms with Crippen LogP contribution < -0.4 is 0 Å². The molecule has 1 aliphatic heterocycles. The second-order valence-electron chi connectivity index (χ2n) is 4.82. The van der Waals surface area contributed by atoms with Crippen LogP contribution in [0.4, 0.5) is 0 Å². The molecule has 5 nitrogen and oxygen atoms in total. The van der Waals surface area contributed by atoms with E-state index in [1.54, 1.807) is 11.3 Å². The van der Waals surface area contributed by atoms with Gasteiger partial charge in [0.15, 0.2) is 0 Å². The van der Waals surface area contributed by atoms with Gasteiger partial charge in [0.25, 0.3) is 0 Å². The first-order chi connectivity index (χ1) is 9.20. The van der Waals surface area contributed by atoms with Crippen molar-refractivity contribution in [1.29, 1.82) is 0 Å². The second-order valence-corrected chi connectivity index (χ2v) is 5.76. The minimum absolute atomic E-state index is 0.0385. The lowest BCUT2D eigenvalue weighted by molar-refractivity contribution is -0.131. The number of aliphatic hydroxyl groups excluding tert-OH is 1. The number of hydrogen-bond donors (Lipinski definition) is 1. The minimum Gasteiger partial charge on any atom is -0.396 e. The van der Waals surface area contributed by atoms with E-state index in [-0.39, 0.29) is 18.4 Å². The maximum atomic E-state index is 12.2. The van der Waals surface area contributed by atoms with E-state index in [0.717, 1.165) is 12.1 Å². The number of carbonyl (C=O) groups is 1. The molecule has 2 heterocycles. The number of ether oxygens (including phenoxy) is 1. The highest BCUT2D eigenvalue weighted by Crippen LogP contribution is 2.16. The van der Waals surface area contributed by atoms with Crippen molar-refractivity contribution in [3.8, 4) is 0 Å². The van der Waals surface area contributed by atoms with Gasteiger partial charge in [0, 0.05) is 36.9 Å². The van der Waals surface area contributed by atoms with E-state index in [4.69, 9.17) is 4.74 Å². The monoisotopic (exact) mass is 284 g/mol. The van der Waals surface area contributed by atoms with E-state index >= 15 is 0 Å². The smallest absolute Gasteiger partial charge is 0.223 e. The third-order valence-electron chi connectivity index (χ3n) is 3.36. The molecule has 1 atom stereocenters. The average molecular weight is 284 g/mol. The summed E-state index contributed by atoms with van der Waals surface area (Å²) in [5.41, 5.74) is 2.83. The SMILES string of the molecule is Cc1ncsc1CCC(=O)N1CCOC[C@H](CO)C1. The number of aryl methyl sites for hydroxylation is 2. The topological polar surface area (TPSA) is 62.7 Å². The van der Waals surface area contributed by atoms with E-state index in [1.165, 1.54) is 4.88 Å². The predicted molar refractivity (Wildman–Crippen MR) is 73.1 cm³/mol. The lowest BCUT2D eigenvalue weighted by Gasteiger charge is -2.22. The summed E-state index contributed by atoms with van der Waals surface area (Å²) in [6.45, 7) is 4.35. The first-order valence-electron chi connectivity index (χ1n) is 6.56. The van der Waals surface area contributed by atoms with E-state index in [0.29, 0.717) is 32.7 Å². The van der Waals surface area contributed by atoms with E-state index < -0.39 is 0 Å². The van der Waals surface area contributed by atoms with Crippen molar-refractivity contribution in [2.45, 2.75) is 19.8 Å². The van der Waals surface area contributed by atoms with Crippen molar-refractivity contribution in [3.05, 3.63) is 16.1 Å². The Bertz CT molecular complexity index is 422. The number of thiazole rings is 1. The standard InChI is InChI=1S/C13H20N2O3S/c1-10-12(19-9-14-10)2-3-13(17)15-4-5-18-8-11(6-15)7-16/h9,11,16H,2-8H2,1H3/t11-/m0/s1. The third kappa shape index (κ3) is 3.99. The van der Waals surface area contributed by atoms with Crippen LogP contribution in [-0.4, -0.2) is 53.8 Å². The van der Waals surface area contributed by atoms with Crippen LogP contribution in [0.2, 0.25) is 0 Å². The van der Waals surface area contributed by atoms with Crippen LogP contribution in [0.3, 0.4) is 0 Å². The van der Waals surface area contributed by atoms with Gasteiger partial charge in [0.1, 0.15) is 0 Å². The van der Waals surface area contributed by atoms with Gasteiger partial charge in [-0.05, 0) is 13.3 Å². The molecule has 0 saturated carbocycles. The maximum absolute atomic E-state index is 12.2. The number of rotatable bonds is 4. The van der Waals surface area contributed by atoms with Crippen molar-refractivity contribution < 1.29 is 14.6 Å². The van der Waals surface area contributed by atoms with Crippen LogP contribution in [-0.2, 0) is 16.0 Å². The molecule has 1 aromatic heterocycles. The van der Waals surface area contributed by atoms with Crippen molar-refractivity contribution >= 4 is 17.2 Å². The van der Waals surface area contributed by atoms with E-state index in [9.17, 15) is 9.90 Å². The number of carbonyl (C=O) groups excluding carboxylic acids is 1. The van der Waals surface area contributed by atoms with Gasteiger partial charge in [-0.1, -0.05) is 0 Å². The van der Waals surface area contributed by atoms with Crippen LogP contribution in [0.1, 0.15) is 17.0 Å². The fourth-order valence-electron chi connectivity index (χ4n) is 2.16. The molecule has 0 spiro atoms. The molecule has 0 radical (unpaired) electrons. The molecule has 106 valence electrons. The van der Waals surface area contributed by atoms with Crippen LogP contribution in [0.25, 0.3) is 0 Å². The van der Waals surface area contributed by atoms with Gasteiger partial charge in [-0.3, -0.25) is 4.79 Å². The largest absolute Gasteiger partial charge is 0.396 e. The van der Waals surface area contributed by atoms with Gasteiger partial charge >= 0.3 is 0 Å². The van der Waals surface area contributed by atoms with E-state index in [2.05, 4.69) is 4.98 Å². The number of aromatic nitrogens is 1. The minimum atomic E-state index is 0.0385. The molecule has 0 aromatic carbocycles. The molecular formula is C13H20N2O3S. The van der Waals surface area contributed by atoms with Gasteiger partial charge in [0.2, 0.25) is 5.91 Å². The van der Waals surface area contributed by atoms with Gasteiger partial charge < -0.3 is 14.7 Å². The third-order valence-corrected chi connectivity index (χ3v) is 4.35. The van der Waals surface area contributed by atoms with Crippen LogP contribution in [0.15, 0.2) is 5.51 Å². The van der Waals surface area contributed by atoms with E-state index in [1.807, 2.05) is 17.3 Å². The molecule has 1 saturated heterocycles. The molecule has 0 unspecified atom stereocenters. The zero-order valence-corrected chi connectivity index (χ0v) is 12.0.